The van der Waals surface area contributed by atoms with E-state index in [-0.39, 0.29) is 17.1 Å². The lowest BCUT2D eigenvalue weighted by atomic mass is 10.0. The fraction of sp³-hybridized carbons (Fsp3) is 0. The number of anilines is 1. The molecule has 0 saturated carbocycles. The molecule has 0 spiro atoms. The van der Waals surface area contributed by atoms with Crippen LogP contribution in [0.25, 0.3) is 21.7 Å². The Kier molecular flexibility index (Phi) is 3.15. The van der Waals surface area contributed by atoms with E-state index in [1.165, 1.54) is 17.4 Å². The monoisotopic (exact) mass is 304 g/mol. The third-order valence-electron chi connectivity index (χ3n) is 2.99. The van der Waals surface area contributed by atoms with Crippen molar-refractivity contribution < 1.29 is 9.31 Å². The molecule has 1 aromatic carbocycles. The Labute approximate surface area is 122 Å². The number of aromatic nitrogens is 2. The number of hydrogen-bond acceptors (Lipinski definition) is 5. The SMILES string of the molecule is Nc1n[nH]c(-c2ccc(F)cc2[N+](=O)[O-])c1-c1cccs1. The van der Waals surface area contributed by atoms with Crippen LogP contribution in [0, 0.1) is 15.9 Å². The zero-order valence-corrected chi connectivity index (χ0v) is 11.4. The van der Waals surface area contributed by atoms with Crippen molar-refractivity contribution in [2.75, 3.05) is 5.73 Å². The zero-order chi connectivity index (χ0) is 15.0. The normalized spacial score (nSPS) is 10.7. The number of halogens is 1. The molecule has 0 atom stereocenters. The van der Waals surface area contributed by atoms with Gasteiger partial charge in [-0.05, 0) is 23.6 Å². The molecule has 0 saturated heterocycles. The quantitative estimate of drug-likeness (QED) is 0.572. The first-order valence-corrected chi connectivity index (χ1v) is 6.78. The second kappa shape index (κ2) is 4.98. The minimum atomic E-state index is -0.671. The Morgan fingerprint density at radius 3 is 2.86 bits per heavy atom. The summed E-state index contributed by atoms with van der Waals surface area (Å²) in [5, 5.41) is 19.6. The predicted octanol–water partition coefficient (Wildman–Crippen LogP) is 3.43. The number of aromatic amines is 1. The van der Waals surface area contributed by atoms with Crippen LogP contribution in [0.3, 0.4) is 0 Å². The lowest BCUT2D eigenvalue weighted by Crippen LogP contribution is -1.94. The van der Waals surface area contributed by atoms with Crippen molar-refractivity contribution in [1.29, 1.82) is 0 Å². The van der Waals surface area contributed by atoms with Gasteiger partial charge in [0.25, 0.3) is 5.69 Å². The first-order chi connectivity index (χ1) is 10.1. The van der Waals surface area contributed by atoms with Crippen molar-refractivity contribution >= 4 is 22.8 Å². The number of nitro benzene ring substituents is 1. The number of nitrogen functional groups attached to an aromatic ring is 1. The van der Waals surface area contributed by atoms with Crippen molar-refractivity contribution in [2.24, 2.45) is 0 Å². The molecule has 3 aromatic rings. The first-order valence-electron chi connectivity index (χ1n) is 5.90. The van der Waals surface area contributed by atoms with Gasteiger partial charge in [-0.3, -0.25) is 15.2 Å². The van der Waals surface area contributed by atoms with E-state index in [1.54, 1.807) is 0 Å². The van der Waals surface area contributed by atoms with Gasteiger partial charge < -0.3 is 5.73 Å². The maximum absolute atomic E-state index is 13.2. The van der Waals surface area contributed by atoms with Crippen LogP contribution < -0.4 is 5.73 Å². The highest BCUT2D eigenvalue weighted by Gasteiger charge is 2.23. The van der Waals surface area contributed by atoms with E-state index < -0.39 is 10.7 Å². The summed E-state index contributed by atoms with van der Waals surface area (Å²) >= 11 is 1.44. The van der Waals surface area contributed by atoms with Crippen LogP contribution in [-0.4, -0.2) is 15.1 Å². The summed E-state index contributed by atoms with van der Waals surface area (Å²) in [6, 6.07) is 7.07. The van der Waals surface area contributed by atoms with Gasteiger partial charge in [-0.2, -0.15) is 5.10 Å². The minimum Gasteiger partial charge on any atom is -0.382 e. The van der Waals surface area contributed by atoms with E-state index in [0.717, 1.165) is 17.0 Å². The molecule has 0 aliphatic carbocycles. The van der Waals surface area contributed by atoms with Gasteiger partial charge in [0.1, 0.15) is 5.82 Å². The topological polar surface area (TPSA) is 97.8 Å². The van der Waals surface area contributed by atoms with Crippen molar-refractivity contribution in [1.82, 2.24) is 10.2 Å². The highest BCUT2D eigenvalue weighted by atomic mass is 32.1. The summed E-state index contributed by atoms with van der Waals surface area (Å²) in [7, 11) is 0. The number of benzene rings is 1. The van der Waals surface area contributed by atoms with E-state index >= 15 is 0 Å². The zero-order valence-electron chi connectivity index (χ0n) is 10.5. The summed E-state index contributed by atoms with van der Waals surface area (Å²) in [6.07, 6.45) is 0. The number of nitrogens with one attached hydrogen (secondary N) is 1. The lowest BCUT2D eigenvalue weighted by Gasteiger charge is -2.04. The van der Waals surface area contributed by atoms with Crippen molar-refractivity contribution in [3.63, 3.8) is 0 Å². The summed E-state index contributed by atoms with van der Waals surface area (Å²) < 4.78 is 13.2. The molecule has 3 rings (SSSR count). The lowest BCUT2D eigenvalue weighted by molar-refractivity contribution is -0.384. The van der Waals surface area contributed by atoms with Gasteiger partial charge in [0.05, 0.1) is 27.8 Å². The molecule has 0 fully saturated rings. The summed E-state index contributed by atoms with van der Waals surface area (Å²) in [6.45, 7) is 0. The summed E-state index contributed by atoms with van der Waals surface area (Å²) in [5.74, 6) is -0.429. The van der Waals surface area contributed by atoms with Gasteiger partial charge in [0, 0.05) is 4.88 Å². The molecule has 106 valence electrons. The van der Waals surface area contributed by atoms with Gasteiger partial charge in [0.2, 0.25) is 0 Å². The van der Waals surface area contributed by atoms with Gasteiger partial charge in [-0.25, -0.2) is 4.39 Å². The molecule has 3 N–H and O–H groups in total. The molecule has 0 aliphatic rings. The molecule has 0 radical (unpaired) electrons. The predicted molar refractivity (Wildman–Crippen MR) is 78.4 cm³/mol. The Morgan fingerprint density at radius 2 is 2.19 bits per heavy atom. The number of nitrogens with zero attached hydrogens (tertiary/aromatic N) is 2. The molecule has 8 heteroatoms. The van der Waals surface area contributed by atoms with Crippen molar-refractivity contribution in [3.8, 4) is 21.7 Å². The number of nitro groups is 1. The molecule has 2 heterocycles. The van der Waals surface area contributed by atoms with Gasteiger partial charge >= 0.3 is 0 Å². The number of thiophene rings is 1. The molecule has 6 nitrogen and oxygen atoms in total. The van der Waals surface area contributed by atoms with Gasteiger partial charge in [0.15, 0.2) is 5.82 Å². The molecule has 0 bridgehead atoms. The van der Waals surface area contributed by atoms with E-state index in [2.05, 4.69) is 10.2 Å². The molecule has 0 unspecified atom stereocenters. The molecule has 21 heavy (non-hydrogen) atoms. The molecule has 0 aliphatic heterocycles. The fourth-order valence-corrected chi connectivity index (χ4v) is 2.87. The third kappa shape index (κ3) is 2.25. The smallest absolute Gasteiger partial charge is 0.281 e. The maximum atomic E-state index is 13.2. The minimum absolute atomic E-state index is 0.242. The van der Waals surface area contributed by atoms with Gasteiger partial charge in [-0.1, -0.05) is 6.07 Å². The molecular weight excluding hydrogens is 295 g/mol. The highest BCUT2D eigenvalue weighted by molar-refractivity contribution is 7.13. The number of nitrogens with two attached hydrogens (primary N) is 1. The maximum Gasteiger partial charge on any atom is 0.281 e. The largest absolute Gasteiger partial charge is 0.382 e. The molecule has 0 amide bonds. The fourth-order valence-electron chi connectivity index (χ4n) is 2.09. The summed E-state index contributed by atoms with van der Waals surface area (Å²) in [5.41, 5.74) is 6.74. The van der Waals surface area contributed by atoms with Crippen LogP contribution >= 0.6 is 11.3 Å². The van der Waals surface area contributed by atoms with E-state index in [0.29, 0.717) is 11.3 Å². The molecular formula is C13H9FN4O2S. The Balaban J connectivity index is 2.26. The van der Waals surface area contributed by atoms with E-state index in [9.17, 15) is 14.5 Å². The number of hydrogen-bond donors (Lipinski definition) is 2. The van der Waals surface area contributed by atoms with E-state index in [1.807, 2.05) is 17.5 Å². The average molecular weight is 304 g/mol. The Bertz CT molecular complexity index is 814. The van der Waals surface area contributed by atoms with Crippen molar-refractivity contribution in [3.05, 3.63) is 51.6 Å². The van der Waals surface area contributed by atoms with Crippen LogP contribution in [0.2, 0.25) is 0 Å². The van der Waals surface area contributed by atoms with Crippen LogP contribution in [0.5, 0.6) is 0 Å². The highest BCUT2D eigenvalue weighted by Crippen LogP contribution is 2.40. The number of rotatable bonds is 3. The Morgan fingerprint density at radius 1 is 1.38 bits per heavy atom. The second-order valence-electron chi connectivity index (χ2n) is 4.25. The van der Waals surface area contributed by atoms with Crippen LogP contribution in [0.15, 0.2) is 35.7 Å². The standard InChI is InChI=1S/C13H9FN4O2S/c14-7-3-4-8(9(6-7)18(19)20)12-11(13(15)17-16-12)10-2-1-5-21-10/h1-6H,(H3,15,16,17). The van der Waals surface area contributed by atoms with Crippen LogP contribution in [0.4, 0.5) is 15.9 Å². The average Bonchev–Trinajstić information content (AvgIpc) is 3.07. The third-order valence-corrected chi connectivity index (χ3v) is 3.88. The first kappa shape index (κ1) is 13.3. The van der Waals surface area contributed by atoms with Crippen molar-refractivity contribution in [2.45, 2.75) is 0 Å². The molecule has 2 aromatic heterocycles. The second-order valence-corrected chi connectivity index (χ2v) is 5.20. The van der Waals surface area contributed by atoms with Crippen LogP contribution in [0.1, 0.15) is 0 Å². The summed E-state index contributed by atoms with van der Waals surface area (Å²) in [4.78, 5) is 11.3. The number of H-pyrrole nitrogens is 1. The van der Waals surface area contributed by atoms with E-state index in [4.69, 9.17) is 5.73 Å². The van der Waals surface area contributed by atoms with Crippen LogP contribution in [-0.2, 0) is 0 Å². The Hall–Kier alpha value is -2.74. The van der Waals surface area contributed by atoms with Gasteiger partial charge in [-0.15, -0.1) is 11.3 Å².